The summed E-state index contributed by atoms with van der Waals surface area (Å²) in [7, 11) is 0. The molecule has 3 N–H and O–H groups in total. The fourth-order valence-electron chi connectivity index (χ4n) is 1.52. The van der Waals surface area contributed by atoms with Crippen LogP contribution in [0.25, 0.3) is 0 Å². The summed E-state index contributed by atoms with van der Waals surface area (Å²) in [4.78, 5) is 36.8. The molecule has 0 atom stereocenters. The molecule has 0 fully saturated rings. The minimum atomic E-state index is -0.677. The van der Waals surface area contributed by atoms with Crippen LogP contribution in [-0.4, -0.2) is 26.8 Å². The van der Waals surface area contributed by atoms with Crippen molar-refractivity contribution in [2.24, 2.45) is 5.10 Å². The van der Waals surface area contributed by atoms with E-state index in [1.807, 2.05) is 22.5 Å². The summed E-state index contributed by atoms with van der Waals surface area (Å²) in [6.45, 7) is 1.79. The number of aromatic amines is 2. The number of hydrazone groups is 1. The molecule has 0 aliphatic heterocycles. The van der Waals surface area contributed by atoms with Gasteiger partial charge in [0.05, 0.1) is 5.71 Å². The number of hydrogen-bond acceptors (Lipinski definition) is 6. The van der Waals surface area contributed by atoms with Gasteiger partial charge in [0.1, 0.15) is 5.69 Å². The van der Waals surface area contributed by atoms with E-state index in [2.05, 4.69) is 20.7 Å². The van der Waals surface area contributed by atoms with Crippen LogP contribution in [0.3, 0.4) is 0 Å². The molecule has 2 aromatic heterocycles. The Morgan fingerprint density at radius 2 is 2.29 bits per heavy atom. The van der Waals surface area contributed by atoms with Gasteiger partial charge in [-0.2, -0.15) is 10.2 Å². The average molecular weight is 307 g/mol. The number of carbonyl (C=O) groups excluding carboxylic acids is 1. The number of carbonyl (C=O) groups is 1. The molecule has 0 bridgehead atoms. The molecule has 0 spiro atoms. The third-order valence-corrected chi connectivity index (χ3v) is 3.58. The zero-order chi connectivity index (χ0) is 15.2. The van der Waals surface area contributed by atoms with Gasteiger partial charge in [0.15, 0.2) is 0 Å². The van der Waals surface area contributed by atoms with Crippen molar-refractivity contribution in [3.05, 3.63) is 48.9 Å². The van der Waals surface area contributed by atoms with Gasteiger partial charge in [0.2, 0.25) is 5.91 Å². The maximum Gasteiger partial charge on any atom is 0.342 e. The average Bonchev–Trinajstić information content (AvgIpc) is 2.98. The predicted octanol–water partition coefficient (Wildman–Crippen LogP) is -0.00730. The molecular weight excluding hydrogens is 294 g/mol. The van der Waals surface area contributed by atoms with Gasteiger partial charge in [-0.15, -0.1) is 11.3 Å². The quantitative estimate of drug-likeness (QED) is 0.531. The van der Waals surface area contributed by atoms with Crippen molar-refractivity contribution in [2.75, 3.05) is 0 Å². The maximum absolute atomic E-state index is 11.6. The number of hydrogen-bond donors (Lipinski definition) is 3. The second-order valence-electron chi connectivity index (χ2n) is 4.16. The molecule has 0 radical (unpaired) electrons. The van der Waals surface area contributed by atoms with E-state index in [0.29, 0.717) is 5.71 Å². The van der Waals surface area contributed by atoms with Crippen LogP contribution in [0.5, 0.6) is 0 Å². The summed E-state index contributed by atoms with van der Waals surface area (Å²) < 4.78 is 0. The first-order valence-electron chi connectivity index (χ1n) is 6.11. The number of rotatable bonds is 5. The van der Waals surface area contributed by atoms with Crippen molar-refractivity contribution in [1.82, 2.24) is 20.6 Å². The highest BCUT2D eigenvalue weighted by Gasteiger charge is 2.07. The summed E-state index contributed by atoms with van der Waals surface area (Å²) in [6.07, 6.45) is 0.162. The second kappa shape index (κ2) is 6.75. The largest absolute Gasteiger partial charge is 0.342 e. The van der Waals surface area contributed by atoms with Crippen molar-refractivity contribution in [2.45, 2.75) is 19.8 Å². The fraction of sp³-hybridized carbons (Fsp3) is 0.250. The molecule has 1 amide bonds. The Morgan fingerprint density at radius 3 is 2.95 bits per heavy atom. The zero-order valence-electron chi connectivity index (χ0n) is 11.2. The molecular formula is C12H13N5O3S. The van der Waals surface area contributed by atoms with E-state index < -0.39 is 11.2 Å². The first-order valence-corrected chi connectivity index (χ1v) is 6.99. The van der Waals surface area contributed by atoms with Gasteiger partial charge < -0.3 is 0 Å². The molecule has 8 nitrogen and oxygen atoms in total. The molecule has 0 aliphatic carbocycles. The van der Waals surface area contributed by atoms with E-state index in [1.54, 1.807) is 6.92 Å². The van der Waals surface area contributed by atoms with Crippen molar-refractivity contribution in [3.8, 4) is 0 Å². The number of nitrogens with one attached hydrogen (secondary N) is 3. The molecule has 0 saturated heterocycles. The molecule has 0 saturated carbocycles. The number of aromatic nitrogens is 3. The van der Waals surface area contributed by atoms with Gasteiger partial charge in [-0.05, 0) is 18.4 Å². The van der Waals surface area contributed by atoms with E-state index in [-0.39, 0.29) is 24.4 Å². The number of H-pyrrole nitrogens is 2. The van der Waals surface area contributed by atoms with E-state index in [1.165, 1.54) is 11.3 Å². The summed E-state index contributed by atoms with van der Waals surface area (Å²) in [5.74, 6) is -0.335. The molecule has 9 heteroatoms. The lowest BCUT2D eigenvalue weighted by molar-refractivity contribution is -0.121. The predicted molar refractivity (Wildman–Crippen MR) is 78.5 cm³/mol. The smallest absolute Gasteiger partial charge is 0.273 e. The van der Waals surface area contributed by atoms with Crippen LogP contribution < -0.4 is 16.7 Å². The molecule has 2 rings (SSSR count). The van der Waals surface area contributed by atoms with E-state index in [4.69, 9.17) is 0 Å². The van der Waals surface area contributed by atoms with Gasteiger partial charge in [-0.3, -0.25) is 14.6 Å². The van der Waals surface area contributed by atoms with Crippen molar-refractivity contribution < 1.29 is 4.79 Å². The van der Waals surface area contributed by atoms with Gasteiger partial charge in [0.25, 0.3) is 5.56 Å². The van der Waals surface area contributed by atoms with Gasteiger partial charge >= 0.3 is 5.69 Å². The number of amides is 1. The number of thiophene rings is 1. The van der Waals surface area contributed by atoms with Crippen LogP contribution in [-0.2, 0) is 11.2 Å². The van der Waals surface area contributed by atoms with Crippen LogP contribution in [0, 0.1) is 0 Å². The van der Waals surface area contributed by atoms with Crippen molar-refractivity contribution in [1.29, 1.82) is 0 Å². The normalized spacial score (nSPS) is 11.4. The first kappa shape index (κ1) is 14.9. The minimum Gasteiger partial charge on any atom is -0.273 e. The Balaban J connectivity index is 1.89. The fourth-order valence-corrected chi connectivity index (χ4v) is 2.19. The lowest BCUT2D eigenvalue weighted by atomic mass is 10.2. The molecule has 110 valence electrons. The first-order chi connectivity index (χ1) is 10.1. The molecule has 21 heavy (non-hydrogen) atoms. The molecule has 0 aromatic carbocycles. The Labute approximate surface area is 122 Å². The third kappa shape index (κ3) is 4.21. The highest BCUT2D eigenvalue weighted by atomic mass is 32.1. The lowest BCUT2D eigenvalue weighted by Gasteiger charge is -2.01. The summed E-state index contributed by atoms with van der Waals surface area (Å²) >= 11 is 1.52. The highest BCUT2D eigenvalue weighted by molar-refractivity contribution is 7.12. The SMILES string of the molecule is C/C(=N/NC(=O)CCc1n[nH]c(=O)[nH]c1=O)c1cccs1. The Morgan fingerprint density at radius 1 is 1.48 bits per heavy atom. The van der Waals surface area contributed by atoms with Crippen LogP contribution in [0.2, 0.25) is 0 Å². The maximum atomic E-state index is 11.6. The minimum absolute atomic E-state index is 0.0450. The van der Waals surface area contributed by atoms with E-state index in [9.17, 15) is 14.4 Å². The van der Waals surface area contributed by atoms with Crippen molar-refractivity contribution >= 4 is 23.0 Å². The second-order valence-corrected chi connectivity index (χ2v) is 5.11. The molecule has 2 aromatic rings. The van der Waals surface area contributed by atoms with Crippen LogP contribution in [0.15, 0.2) is 32.2 Å². The number of nitrogens with zero attached hydrogens (tertiary/aromatic N) is 2. The van der Waals surface area contributed by atoms with E-state index >= 15 is 0 Å². The van der Waals surface area contributed by atoms with Crippen molar-refractivity contribution in [3.63, 3.8) is 0 Å². The monoisotopic (exact) mass is 307 g/mol. The molecule has 2 heterocycles. The van der Waals surface area contributed by atoms with Crippen LogP contribution in [0.4, 0.5) is 0 Å². The van der Waals surface area contributed by atoms with Gasteiger partial charge in [-0.25, -0.2) is 15.3 Å². The Kier molecular flexibility index (Phi) is 4.77. The topological polar surface area (TPSA) is 120 Å². The van der Waals surface area contributed by atoms with Crippen LogP contribution in [0.1, 0.15) is 23.9 Å². The summed E-state index contributed by atoms with van der Waals surface area (Å²) in [5, 5.41) is 11.6. The molecule has 0 aliphatic rings. The summed E-state index contributed by atoms with van der Waals surface area (Å²) in [5.41, 5.74) is 1.95. The van der Waals surface area contributed by atoms with E-state index in [0.717, 1.165) is 4.88 Å². The Hall–Kier alpha value is -2.55. The lowest BCUT2D eigenvalue weighted by Crippen LogP contribution is -2.28. The van der Waals surface area contributed by atoms with Gasteiger partial charge in [-0.1, -0.05) is 6.07 Å². The highest BCUT2D eigenvalue weighted by Crippen LogP contribution is 2.09. The molecule has 0 unspecified atom stereocenters. The zero-order valence-corrected chi connectivity index (χ0v) is 12.0. The van der Waals surface area contributed by atoms with Crippen LogP contribution >= 0.6 is 11.3 Å². The van der Waals surface area contributed by atoms with Gasteiger partial charge in [0, 0.05) is 17.7 Å². The summed E-state index contributed by atoms with van der Waals surface area (Å²) in [6, 6.07) is 3.80. The number of aryl methyl sites for hydroxylation is 1. The third-order valence-electron chi connectivity index (χ3n) is 2.60. The standard InChI is InChI=1S/C12H13N5O3S/c1-7(9-3-2-6-21-9)14-16-10(18)5-4-8-11(19)13-12(20)17-15-8/h2-3,6H,4-5H2,1H3,(H,16,18)(H2,13,17,19,20)/b14-7-. The Bertz CT molecular complexity index is 760.